The molecule has 2 fully saturated rings. The minimum absolute atomic E-state index is 0.356. The molecule has 1 aromatic heterocycles. The topological polar surface area (TPSA) is 78.1 Å². The van der Waals surface area contributed by atoms with Gasteiger partial charge in [-0.25, -0.2) is 8.42 Å². The van der Waals surface area contributed by atoms with Crippen LogP contribution in [0.2, 0.25) is 0 Å². The van der Waals surface area contributed by atoms with E-state index >= 15 is 0 Å². The van der Waals surface area contributed by atoms with Gasteiger partial charge >= 0.3 is 0 Å². The molecule has 0 radical (unpaired) electrons. The van der Waals surface area contributed by atoms with Gasteiger partial charge in [0.25, 0.3) is 0 Å². The zero-order valence-electron chi connectivity index (χ0n) is 14.3. The van der Waals surface area contributed by atoms with E-state index in [1.165, 1.54) is 19.3 Å². The fourth-order valence-electron chi connectivity index (χ4n) is 3.76. The van der Waals surface area contributed by atoms with E-state index < -0.39 is 10.0 Å². The van der Waals surface area contributed by atoms with Crippen molar-refractivity contribution in [2.45, 2.75) is 69.9 Å². The lowest BCUT2D eigenvalue weighted by Crippen LogP contribution is -2.45. The molecule has 2 aliphatic rings. The van der Waals surface area contributed by atoms with Gasteiger partial charge < -0.3 is 5.32 Å². The summed E-state index contributed by atoms with van der Waals surface area (Å²) in [5.74, 6) is 0.845. The summed E-state index contributed by atoms with van der Waals surface area (Å²) in [6.45, 7) is 6.93. The Morgan fingerprint density at radius 1 is 1.30 bits per heavy atom. The highest BCUT2D eigenvalue weighted by atomic mass is 32.2. The predicted octanol–water partition coefficient (Wildman–Crippen LogP) is 1.96. The van der Waals surface area contributed by atoms with Crippen molar-refractivity contribution in [2.24, 2.45) is 5.92 Å². The van der Waals surface area contributed by atoms with Gasteiger partial charge in [0.15, 0.2) is 0 Å². The van der Waals surface area contributed by atoms with E-state index in [2.05, 4.69) is 22.4 Å². The molecule has 2 atom stereocenters. The Morgan fingerprint density at radius 2 is 2.00 bits per heavy atom. The summed E-state index contributed by atoms with van der Waals surface area (Å²) in [6, 6.07) is 1.13. The smallest absolute Gasteiger partial charge is 0.246 e. The van der Waals surface area contributed by atoms with E-state index in [4.69, 9.17) is 0 Å². The number of hydrogen-bond donors (Lipinski definition) is 2. The van der Waals surface area contributed by atoms with Crippen LogP contribution in [0.25, 0.3) is 0 Å². The molecule has 0 amide bonds. The van der Waals surface area contributed by atoms with Crippen molar-refractivity contribution in [3.8, 4) is 0 Å². The average Bonchev–Trinajstić information content (AvgIpc) is 3.13. The first kappa shape index (κ1) is 16.9. The highest BCUT2D eigenvalue weighted by Gasteiger charge is 2.39. The summed E-state index contributed by atoms with van der Waals surface area (Å²) in [5, 5.41) is 10.5. The van der Waals surface area contributed by atoms with Gasteiger partial charge in [-0.3, -0.25) is 5.10 Å². The van der Waals surface area contributed by atoms with Crippen LogP contribution in [-0.2, 0) is 10.0 Å². The number of H-pyrrole nitrogens is 1. The molecule has 1 aliphatic heterocycles. The molecule has 1 aliphatic carbocycles. The molecular formula is C16H28N4O2S. The number of sulfonamides is 1. The van der Waals surface area contributed by atoms with Crippen molar-refractivity contribution in [3.05, 3.63) is 11.4 Å². The summed E-state index contributed by atoms with van der Waals surface area (Å²) in [4.78, 5) is 0.356. The Bertz CT molecular complexity index is 628. The number of aromatic nitrogens is 2. The lowest BCUT2D eigenvalue weighted by molar-refractivity contribution is 0.285. The van der Waals surface area contributed by atoms with E-state index in [-0.39, 0.29) is 0 Å². The summed E-state index contributed by atoms with van der Waals surface area (Å²) in [6.07, 6.45) is 5.64. The van der Waals surface area contributed by atoms with Crippen LogP contribution in [-0.4, -0.2) is 48.1 Å². The maximum Gasteiger partial charge on any atom is 0.246 e. The largest absolute Gasteiger partial charge is 0.311 e. The van der Waals surface area contributed by atoms with Gasteiger partial charge in [0, 0.05) is 25.2 Å². The first-order valence-corrected chi connectivity index (χ1v) is 10.1. The SMILES string of the molecule is CCC[C@@H]1C[C@H]1NC1CCN(S(=O)(=O)c2c(C)n[nH]c2C)CC1. The third kappa shape index (κ3) is 3.46. The number of aryl methyl sites for hydroxylation is 2. The lowest BCUT2D eigenvalue weighted by Gasteiger charge is -2.32. The summed E-state index contributed by atoms with van der Waals surface area (Å²) in [7, 11) is -3.42. The first-order chi connectivity index (χ1) is 10.9. The van der Waals surface area contributed by atoms with Gasteiger partial charge in [-0.2, -0.15) is 9.40 Å². The monoisotopic (exact) mass is 340 g/mol. The fourth-order valence-corrected chi connectivity index (χ4v) is 5.56. The summed E-state index contributed by atoms with van der Waals surface area (Å²) < 4.78 is 27.2. The van der Waals surface area contributed by atoms with Gasteiger partial charge in [0.2, 0.25) is 10.0 Å². The molecule has 23 heavy (non-hydrogen) atoms. The summed E-state index contributed by atoms with van der Waals surface area (Å²) >= 11 is 0. The van der Waals surface area contributed by atoms with Crippen molar-refractivity contribution in [3.63, 3.8) is 0 Å². The molecule has 0 spiro atoms. The van der Waals surface area contributed by atoms with E-state index in [1.54, 1.807) is 18.2 Å². The maximum absolute atomic E-state index is 12.8. The van der Waals surface area contributed by atoms with Gasteiger partial charge in [0.1, 0.15) is 4.90 Å². The Hall–Kier alpha value is -0.920. The zero-order chi connectivity index (χ0) is 16.6. The highest BCUT2D eigenvalue weighted by molar-refractivity contribution is 7.89. The standard InChI is InChI=1S/C16H28N4O2S/c1-4-5-13-10-15(13)17-14-6-8-20(9-7-14)23(21,22)16-11(2)18-19-12(16)3/h13-15,17H,4-10H2,1-3H3,(H,18,19)/t13-,15-/m1/s1. The number of piperidine rings is 1. The van der Waals surface area contributed by atoms with E-state index in [0.29, 0.717) is 41.5 Å². The Kier molecular flexibility index (Phi) is 4.80. The van der Waals surface area contributed by atoms with Crippen molar-refractivity contribution in [1.29, 1.82) is 0 Å². The van der Waals surface area contributed by atoms with Crippen LogP contribution in [0.15, 0.2) is 4.90 Å². The predicted molar refractivity (Wildman–Crippen MR) is 89.8 cm³/mol. The van der Waals surface area contributed by atoms with Gasteiger partial charge in [-0.1, -0.05) is 13.3 Å². The van der Waals surface area contributed by atoms with Crippen LogP contribution in [0.5, 0.6) is 0 Å². The molecule has 1 saturated carbocycles. The quantitative estimate of drug-likeness (QED) is 0.830. The molecule has 6 nitrogen and oxygen atoms in total. The van der Waals surface area contributed by atoms with Crippen LogP contribution in [0.3, 0.4) is 0 Å². The Labute approximate surface area is 139 Å². The van der Waals surface area contributed by atoms with Crippen LogP contribution >= 0.6 is 0 Å². The fraction of sp³-hybridized carbons (Fsp3) is 0.812. The molecule has 130 valence electrons. The van der Waals surface area contributed by atoms with Crippen molar-refractivity contribution in [2.75, 3.05) is 13.1 Å². The molecule has 7 heteroatoms. The number of nitrogens with one attached hydrogen (secondary N) is 2. The number of aromatic amines is 1. The molecule has 3 rings (SSSR count). The summed E-state index contributed by atoms with van der Waals surface area (Å²) in [5.41, 5.74) is 1.19. The van der Waals surface area contributed by atoms with Crippen LogP contribution in [0.4, 0.5) is 0 Å². The Balaban J connectivity index is 1.57. The zero-order valence-corrected chi connectivity index (χ0v) is 15.1. The minimum atomic E-state index is -3.42. The van der Waals surface area contributed by atoms with E-state index in [0.717, 1.165) is 18.8 Å². The van der Waals surface area contributed by atoms with Gasteiger partial charge in [-0.15, -0.1) is 0 Å². The van der Waals surface area contributed by atoms with Crippen molar-refractivity contribution >= 4 is 10.0 Å². The van der Waals surface area contributed by atoms with Gasteiger partial charge in [0.05, 0.1) is 11.4 Å². The van der Waals surface area contributed by atoms with Crippen LogP contribution in [0.1, 0.15) is 50.4 Å². The first-order valence-electron chi connectivity index (χ1n) is 8.71. The molecule has 1 saturated heterocycles. The second-order valence-corrected chi connectivity index (χ2v) is 8.87. The average molecular weight is 340 g/mol. The molecule has 0 aromatic carbocycles. The molecule has 2 heterocycles. The highest BCUT2D eigenvalue weighted by Crippen LogP contribution is 2.35. The van der Waals surface area contributed by atoms with Crippen molar-refractivity contribution < 1.29 is 8.42 Å². The number of rotatable bonds is 6. The van der Waals surface area contributed by atoms with Gasteiger partial charge in [-0.05, 0) is 45.4 Å². The molecule has 0 bridgehead atoms. The molecule has 0 unspecified atom stereocenters. The van der Waals surface area contributed by atoms with Crippen molar-refractivity contribution in [1.82, 2.24) is 19.8 Å². The van der Waals surface area contributed by atoms with E-state index in [9.17, 15) is 8.42 Å². The molecule has 2 N–H and O–H groups in total. The third-order valence-corrected chi connectivity index (χ3v) is 7.31. The number of hydrogen-bond acceptors (Lipinski definition) is 4. The second kappa shape index (κ2) is 6.53. The maximum atomic E-state index is 12.8. The number of nitrogens with zero attached hydrogens (tertiary/aromatic N) is 2. The lowest BCUT2D eigenvalue weighted by atomic mass is 10.1. The third-order valence-electron chi connectivity index (χ3n) is 5.14. The van der Waals surface area contributed by atoms with Crippen LogP contribution < -0.4 is 5.32 Å². The second-order valence-electron chi connectivity index (χ2n) is 7.00. The molecular weight excluding hydrogens is 312 g/mol. The van der Waals surface area contributed by atoms with E-state index in [1.807, 2.05) is 0 Å². The molecule has 1 aromatic rings. The minimum Gasteiger partial charge on any atom is -0.311 e. The van der Waals surface area contributed by atoms with Crippen LogP contribution in [0, 0.1) is 19.8 Å². The Morgan fingerprint density at radius 3 is 2.57 bits per heavy atom. The normalized spacial score (nSPS) is 26.6.